The summed E-state index contributed by atoms with van der Waals surface area (Å²) in [7, 11) is 0. The van der Waals surface area contributed by atoms with E-state index in [0.717, 1.165) is 0 Å². The molecule has 48 valence electrons. The van der Waals surface area contributed by atoms with Gasteiger partial charge in [-0.3, -0.25) is 0 Å². The Morgan fingerprint density at radius 3 is 1.50 bits per heavy atom. The van der Waals surface area contributed by atoms with E-state index < -0.39 is 12.2 Å². The molecule has 0 aliphatic carbocycles. The van der Waals surface area contributed by atoms with Crippen LogP contribution in [0.5, 0.6) is 0 Å². The molecule has 1 heterocycles. The van der Waals surface area contributed by atoms with Crippen LogP contribution in [0.3, 0.4) is 0 Å². The summed E-state index contributed by atoms with van der Waals surface area (Å²) >= 11 is 0. The van der Waals surface area contributed by atoms with Gasteiger partial charge in [0.25, 0.3) is 0 Å². The third-order valence-corrected chi connectivity index (χ3v) is 0.568. The molecule has 6 heteroatoms. The average molecular weight is 132 g/mol. The zero-order valence-electron chi connectivity index (χ0n) is 3.33. The second-order valence-electron chi connectivity index (χ2n) is 1.20. The highest BCUT2D eigenvalue weighted by molar-refractivity contribution is 4.68. The molecular weight excluding hydrogens is 132 g/mol. The molecule has 2 nitrogen and oxygen atoms in total. The second kappa shape index (κ2) is 1.14. The van der Waals surface area contributed by atoms with Crippen LogP contribution in [0.1, 0.15) is 0 Å². The summed E-state index contributed by atoms with van der Waals surface area (Å²) in [5.41, 5.74) is 0. The van der Waals surface area contributed by atoms with Crippen LogP contribution in [0.2, 0.25) is 0 Å². The first-order valence-corrected chi connectivity index (χ1v) is 1.58. The van der Waals surface area contributed by atoms with Crippen molar-refractivity contribution in [3.05, 3.63) is 0 Å². The van der Waals surface area contributed by atoms with E-state index in [1.165, 1.54) is 0 Å². The molecule has 0 N–H and O–H groups in total. The maximum Gasteiger partial charge on any atom is 0.483 e. The first kappa shape index (κ1) is 5.77. The summed E-state index contributed by atoms with van der Waals surface area (Å²) in [5.74, 6) is 0. The van der Waals surface area contributed by atoms with Crippen LogP contribution in [-0.2, 0) is 9.78 Å². The zero-order valence-corrected chi connectivity index (χ0v) is 3.33. The van der Waals surface area contributed by atoms with Crippen molar-refractivity contribution in [1.82, 2.24) is 0 Å². The Labute approximate surface area is 40.9 Å². The van der Waals surface area contributed by atoms with Crippen molar-refractivity contribution in [1.29, 1.82) is 0 Å². The van der Waals surface area contributed by atoms with Crippen molar-refractivity contribution in [2.45, 2.75) is 12.2 Å². The van der Waals surface area contributed by atoms with E-state index in [0.29, 0.717) is 0 Å². The topological polar surface area (TPSA) is 25.1 Å². The third kappa shape index (κ3) is 0.653. The predicted molar refractivity (Wildman–Crippen MR) is 12.1 cm³/mol. The molecule has 0 aromatic rings. The minimum Gasteiger partial charge on any atom is -0.166 e. The van der Waals surface area contributed by atoms with E-state index in [1.54, 1.807) is 0 Å². The molecular formula is C2F4O2. The van der Waals surface area contributed by atoms with E-state index in [9.17, 15) is 17.6 Å². The lowest BCUT2D eigenvalue weighted by atomic mass is 10.6. The Balaban J connectivity index is 2.58. The smallest absolute Gasteiger partial charge is 0.166 e. The Morgan fingerprint density at radius 1 is 1.12 bits per heavy atom. The lowest BCUT2D eigenvalue weighted by molar-refractivity contribution is -0.235. The van der Waals surface area contributed by atoms with Crippen LogP contribution in [0, 0.1) is 0 Å². The van der Waals surface area contributed by atoms with Crippen LogP contribution >= 0.6 is 0 Å². The van der Waals surface area contributed by atoms with Crippen molar-refractivity contribution in [2.75, 3.05) is 0 Å². The molecule has 0 aromatic carbocycles. The van der Waals surface area contributed by atoms with Crippen molar-refractivity contribution in [3.63, 3.8) is 0 Å². The lowest BCUT2D eigenvalue weighted by Crippen LogP contribution is -2.26. The summed E-state index contributed by atoms with van der Waals surface area (Å²) in [4.78, 5) is 5.94. The Hall–Kier alpha value is -0.360. The van der Waals surface area contributed by atoms with Gasteiger partial charge < -0.3 is 0 Å². The van der Waals surface area contributed by atoms with Crippen molar-refractivity contribution in [3.8, 4) is 0 Å². The quantitative estimate of drug-likeness (QED) is 0.280. The maximum absolute atomic E-state index is 11.4. The molecule has 1 saturated heterocycles. The molecule has 0 atom stereocenters. The standard InChI is InChI=1S/C2F4O2/c3-1(4,5)2(6)7-8-2. The molecule has 1 aliphatic heterocycles. The normalized spacial score (nSPS) is 25.5. The fraction of sp³-hybridized carbons (Fsp3) is 1.00. The number of halogens is 4. The van der Waals surface area contributed by atoms with Gasteiger partial charge in [0, 0.05) is 0 Å². The third-order valence-electron chi connectivity index (χ3n) is 0.568. The van der Waals surface area contributed by atoms with Crippen molar-refractivity contribution < 1.29 is 27.3 Å². The predicted octanol–water partition coefficient (Wildman–Crippen LogP) is 1.13. The summed E-state index contributed by atoms with van der Waals surface area (Å²) in [6.07, 6.45) is -5.06. The van der Waals surface area contributed by atoms with Gasteiger partial charge in [-0.1, -0.05) is 0 Å². The average Bonchev–Trinajstić information content (AvgIpc) is 2.16. The first-order valence-electron chi connectivity index (χ1n) is 1.58. The van der Waals surface area contributed by atoms with Crippen LogP contribution in [0.15, 0.2) is 0 Å². The number of hydrogen-bond acceptors (Lipinski definition) is 2. The molecule has 0 saturated carbocycles. The molecule has 0 bridgehead atoms. The molecule has 0 radical (unpaired) electrons. The number of alkyl halides is 4. The van der Waals surface area contributed by atoms with Crippen LogP contribution in [-0.4, -0.2) is 12.2 Å². The minimum atomic E-state index is -5.06. The molecule has 1 fully saturated rings. The molecule has 0 aromatic heterocycles. The van der Waals surface area contributed by atoms with Gasteiger partial charge in [0.2, 0.25) is 0 Å². The van der Waals surface area contributed by atoms with Gasteiger partial charge in [-0.2, -0.15) is 17.6 Å². The largest absolute Gasteiger partial charge is 0.483 e. The highest BCUT2D eigenvalue weighted by atomic mass is 19.4. The van der Waals surface area contributed by atoms with Gasteiger partial charge in [-0.15, -0.1) is 9.78 Å². The fourth-order valence-electron chi connectivity index (χ4n) is 0.131. The molecule has 1 aliphatic rings. The van der Waals surface area contributed by atoms with Gasteiger partial charge in [0.05, 0.1) is 0 Å². The highest BCUT2D eigenvalue weighted by Gasteiger charge is 2.72. The van der Waals surface area contributed by atoms with Gasteiger partial charge in [-0.25, -0.2) is 0 Å². The highest BCUT2D eigenvalue weighted by Crippen LogP contribution is 2.45. The minimum absolute atomic E-state index is 2.97. The molecule has 8 heavy (non-hydrogen) atoms. The summed E-state index contributed by atoms with van der Waals surface area (Å²) < 4.78 is 44.4. The van der Waals surface area contributed by atoms with E-state index in [2.05, 4.69) is 9.78 Å². The van der Waals surface area contributed by atoms with Crippen LogP contribution < -0.4 is 0 Å². The van der Waals surface area contributed by atoms with Crippen LogP contribution in [0.4, 0.5) is 17.6 Å². The Bertz CT molecular complexity index is 99.9. The van der Waals surface area contributed by atoms with E-state index in [4.69, 9.17) is 0 Å². The Morgan fingerprint density at radius 2 is 1.50 bits per heavy atom. The van der Waals surface area contributed by atoms with Crippen LogP contribution in [0.25, 0.3) is 0 Å². The molecule has 0 spiro atoms. The van der Waals surface area contributed by atoms with E-state index in [-0.39, 0.29) is 0 Å². The number of rotatable bonds is 0. The fourth-order valence-corrected chi connectivity index (χ4v) is 0.131. The summed E-state index contributed by atoms with van der Waals surface area (Å²) in [6.45, 7) is 0. The maximum atomic E-state index is 11.4. The zero-order chi connectivity index (χ0) is 6.41. The lowest BCUT2D eigenvalue weighted by Gasteiger charge is -1.99. The van der Waals surface area contributed by atoms with Gasteiger partial charge in [0.1, 0.15) is 0 Å². The van der Waals surface area contributed by atoms with Gasteiger partial charge in [-0.05, 0) is 0 Å². The van der Waals surface area contributed by atoms with Gasteiger partial charge >= 0.3 is 12.2 Å². The van der Waals surface area contributed by atoms with E-state index in [1.807, 2.05) is 0 Å². The second-order valence-corrected chi connectivity index (χ2v) is 1.20. The number of hydrogen-bond donors (Lipinski definition) is 0. The van der Waals surface area contributed by atoms with E-state index >= 15 is 0 Å². The molecule has 1 rings (SSSR count). The summed E-state index contributed by atoms with van der Waals surface area (Å²) in [5, 5.41) is 0. The monoisotopic (exact) mass is 132 g/mol. The van der Waals surface area contributed by atoms with Crippen molar-refractivity contribution in [2.24, 2.45) is 0 Å². The SMILES string of the molecule is FC(F)(F)C1(F)OO1. The molecule has 0 unspecified atom stereocenters. The Kier molecular flexibility index (Phi) is 0.819. The first-order chi connectivity index (χ1) is 3.46. The van der Waals surface area contributed by atoms with Crippen molar-refractivity contribution >= 4 is 0 Å². The van der Waals surface area contributed by atoms with Gasteiger partial charge in [0.15, 0.2) is 0 Å². The summed E-state index contributed by atoms with van der Waals surface area (Å²) in [6, 6.07) is -3.81. The molecule has 0 amide bonds.